The highest BCUT2D eigenvalue weighted by Gasteiger charge is 2.30. The molecule has 0 spiro atoms. The Balaban J connectivity index is 1.74. The predicted octanol–water partition coefficient (Wildman–Crippen LogP) is 2.44. The van der Waals surface area contributed by atoms with Crippen LogP contribution in [0, 0.1) is 5.92 Å². The number of aromatic nitrogens is 2. The van der Waals surface area contributed by atoms with Gasteiger partial charge >= 0.3 is 0 Å². The Morgan fingerprint density at radius 1 is 1.45 bits per heavy atom. The lowest BCUT2D eigenvalue weighted by molar-refractivity contribution is -0.126. The first kappa shape index (κ1) is 12.9. The first-order valence-corrected chi connectivity index (χ1v) is 6.76. The minimum Gasteiger partial charge on any atom is -0.368 e. The van der Waals surface area contributed by atoms with Crippen molar-refractivity contribution in [1.82, 2.24) is 10.2 Å². The average molecular weight is 271 g/mol. The molecule has 20 heavy (non-hydrogen) atoms. The van der Waals surface area contributed by atoms with Gasteiger partial charge in [0.25, 0.3) is 5.91 Å². The molecular formula is C15H17N3O2. The SMILES string of the molecule is CC1CCOC1C(=O)Nc1cccc(-c2ccn[nH]2)c1. The number of nitrogens with one attached hydrogen (secondary N) is 2. The molecule has 1 saturated heterocycles. The Morgan fingerprint density at radius 3 is 3.05 bits per heavy atom. The zero-order valence-corrected chi connectivity index (χ0v) is 11.3. The Labute approximate surface area is 117 Å². The highest BCUT2D eigenvalue weighted by atomic mass is 16.5. The van der Waals surface area contributed by atoms with Crippen molar-refractivity contribution in [1.29, 1.82) is 0 Å². The van der Waals surface area contributed by atoms with Crippen molar-refractivity contribution in [2.24, 2.45) is 5.92 Å². The third kappa shape index (κ3) is 2.58. The Morgan fingerprint density at radius 2 is 2.35 bits per heavy atom. The number of rotatable bonds is 3. The number of H-pyrrole nitrogens is 1. The van der Waals surface area contributed by atoms with Crippen LogP contribution in [0.2, 0.25) is 0 Å². The number of hydrogen-bond donors (Lipinski definition) is 2. The average Bonchev–Trinajstić information content (AvgIpc) is 3.09. The number of carbonyl (C=O) groups is 1. The number of hydrogen-bond acceptors (Lipinski definition) is 3. The number of amides is 1. The maximum absolute atomic E-state index is 12.2. The standard InChI is InChI=1S/C15H17N3O2/c1-10-6-8-20-14(10)15(19)17-12-4-2-3-11(9-12)13-5-7-16-18-13/h2-5,7,9-10,14H,6,8H2,1H3,(H,16,18)(H,17,19). The topological polar surface area (TPSA) is 67.0 Å². The third-order valence-electron chi connectivity index (χ3n) is 3.59. The molecule has 1 fully saturated rings. The molecule has 2 N–H and O–H groups in total. The maximum Gasteiger partial charge on any atom is 0.253 e. The van der Waals surface area contributed by atoms with Gasteiger partial charge in [-0.2, -0.15) is 5.10 Å². The lowest BCUT2D eigenvalue weighted by Crippen LogP contribution is -2.31. The van der Waals surface area contributed by atoms with Gasteiger partial charge in [-0.15, -0.1) is 0 Å². The molecule has 2 aromatic rings. The molecule has 5 heteroatoms. The van der Waals surface area contributed by atoms with Crippen LogP contribution in [0.3, 0.4) is 0 Å². The molecule has 0 saturated carbocycles. The van der Waals surface area contributed by atoms with Gasteiger partial charge in [-0.3, -0.25) is 9.89 Å². The van der Waals surface area contributed by atoms with E-state index in [1.807, 2.05) is 37.3 Å². The highest BCUT2D eigenvalue weighted by Crippen LogP contribution is 2.23. The predicted molar refractivity (Wildman–Crippen MR) is 76.2 cm³/mol. The second-order valence-electron chi connectivity index (χ2n) is 5.10. The van der Waals surface area contributed by atoms with Crippen LogP contribution < -0.4 is 5.32 Å². The van der Waals surface area contributed by atoms with Crippen LogP contribution in [0.1, 0.15) is 13.3 Å². The summed E-state index contributed by atoms with van der Waals surface area (Å²) < 4.78 is 5.47. The van der Waals surface area contributed by atoms with Crippen LogP contribution in [0.25, 0.3) is 11.3 Å². The molecule has 0 bridgehead atoms. The van der Waals surface area contributed by atoms with Crippen LogP contribution in [0.15, 0.2) is 36.5 Å². The minimum atomic E-state index is -0.342. The monoisotopic (exact) mass is 271 g/mol. The first-order chi connectivity index (χ1) is 9.74. The molecule has 2 unspecified atom stereocenters. The van der Waals surface area contributed by atoms with Crippen molar-refractivity contribution >= 4 is 11.6 Å². The summed E-state index contributed by atoms with van der Waals surface area (Å²) in [6.07, 6.45) is 2.30. The fraction of sp³-hybridized carbons (Fsp3) is 0.333. The highest BCUT2D eigenvalue weighted by molar-refractivity contribution is 5.95. The van der Waals surface area contributed by atoms with Crippen molar-refractivity contribution in [3.05, 3.63) is 36.5 Å². The van der Waals surface area contributed by atoms with E-state index < -0.39 is 0 Å². The summed E-state index contributed by atoms with van der Waals surface area (Å²) in [6, 6.07) is 9.56. The number of benzene rings is 1. The smallest absolute Gasteiger partial charge is 0.253 e. The summed E-state index contributed by atoms with van der Waals surface area (Å²) >= 11 is 0. The first-order valence-electron chi connectivity index (χ1n) is 6.76. The number of aromatic amines is 1. The van der Waals surface area contributed by atoms with Gasteiger partial charge in [0.15, 0.2) is 0 Å². The third-order valence-corrected chi connectivity index (χ3v) is 3.59. The van der Waals surface area contributed by atoms with Gasteiger partial charge in [0.1, 0.15) is 6.10 Å². The van der Waals surface area contributed by atoms with Crippen molar-refractivity contribution in [2.75, 3.05) is 11.9 Å². The molecule has 2 heterocycles. The van der Waals surface area contributed by atoms with Gasteiger partial charge < -0.3 is 10.1 Å². The summed E-state index contributed by atoms with van der Waals surface area (Å²) in [7, 11) is 0. The summed E-state index contributed by atoms with van der Waals surface area (Å²) in [5, 5.41) is 9.76. The van der Waals surface area contributed by atoms with E-state index in [9.17, 15) is 4.79 Å². The lowest BCUT2D eigenvalue weighted by atomic mass is 10.0. The zero-order chi connectivity index (χ0) is 13.9. The van der Waals surface area contributed by atoms with Gasteiger partial charge in [0.05, 0.1) is 5.69 Å². The number of ether oxygens (including phenoxy) is 1. The van der Waals surface area contributed by atoms with Gasteiger partial charge in [0, 0.05) is 24.1 Å². The van der Waals surface area contributed by atoms with Crippen LogP contribution in [-0.4, -0.2) is 28.8 Å². The normalized spacial score (nSPS) is 21.9. The minimum absolute atomic E-state index is 0.0724. The van der Waals surface area contributed by atoms with E-state index in [2.05, 4.69) is 15.5 Å². The molecule has 1 aromatic heterocycles. The summed E-state index contributed by atoms with van der Waals surface area (Å²) in [5.41, 5.74) is 2.68. The largest absolute Gasteiger partial charge is 0.368 e. The van der Waals surface area contributed by atoms with Crippen LogP contribution in [-0.2, 0) is 9.53 Å². The van der Waals surface area contributed by atoms with E-state index in [0.717, 1.165) is 23.4 Å². The van der Waals surface area contributed by atoms with Gasteiger partial charge in [0.2, 0.25) is 0 Å². The fourth-order valence-electron chi connectivity index (χ4n) is 2.43. The molecule has 1 aromatic carbocycles. The lowest BCUT2D eigenvalue weighted by Gasteiger charge is -2.14. The maximum atomic E-state index is 12.2. The molecule has 0 radical (unpaired) electrons. The van der Waals surface area contributed by atoms with Crippen LogP contribution in [0.4, 0.5) is 5.69 Å². The molecule has 2 atom stereocenters. The summed E-state index contributed by atoms with van der Waals surface area (Å²) in [5.74, 6) is 0.197. The molecule has 0 aliphatic carbocycles. The van der Waals surface area contributed by atoms with E-state index in [1.165, 1.54) is 0 Å². The molecule has 5 nitrogen and oxygen atoms in total. The number of carbonyl (C=O) groups excluding carboxylic acids is 1. The van der Waals surface area contributed by atoms with Crippen molar-refractivity contribution in [2.45, 2.75) is 19.4 Å². The van der Waals surface area contributed by atoms with Gasteiger partial charge in [-0.1, -0.05) is 19.1 Å². The Bertz CT molecular complexity index is 595. The molecule has 1 aliphatic heterocycles. The summed E-state index contributed by atoms with van der Waals surface area (Å²) in [4.78, 5) is 12.2. The number of anilines is 1. The van der Waals surface area contributed by atoms with Crippen molar-refractivity contribution in [3.63, 3.8) is 0 Å². The van der Waals surface area contributed by atoms with Crippen molar-refractivity contribution in [3.8, 4) is 11.3 Å². The van der Waals surface area contributed by atoms with Crippen LogP contribution in [0.5, 0.6) is 0 Å². The molecule has 1 aliphatic rings. The second kappa shape index (κ2) is 5.46. The second-order valence-corrected chi connectivity index (χ2v) is 5.10. The Hall–Kier alpha value is -2.14. The fourth-order valence-corrected chi connectivity index (χ4v) is 2.43. The van der Waals surface area contributed by atoms with E-state index in [1.54, 1.807) is 6.20 Å². The van der Waals surface area contributed by atoms with E-state index >= 15 is 0 Å². The molecular weight excluding hydrogens is 254 g/mol. The summed E-state index contributed by atoms with van der Waals surface area (Å²) in [6.45, 7) is 2.70. The molecule has 104 valence electrons. The van der Waals surface area contributed by atoms with E-state index in [0.29, 0.717) is 6.61 Å². The van der Waals surface area contributed by atoms with Gasteiger partial charge in [-0.05, 0) is 30.5 Å². The van der Waals surface area contributed by atoms with E-state index in [-0.39, 0.29) is 17.9 Å². The Kier molecular flexibility index (Phi) is 3.52. The molecule has 1 amide bonds. The van der Waals surface area contributed by atoms with E-state index in [4.69, 9.17) is 4.74 Å². The number of nitrogens with zero attached hydrogens (tertiary/aromatic N) is 1. The van der Waals surface area contributed by atoms with Crippen molar-refractivity contribution < 1.29 is 9.53 Å². The molecule has 3 rings (SSSR count). The quantitative estimate of drug-likeness (QED) is 0.901. The van der Waals surface area contributed by atoms with Crippen LogP contribution >= 0.6 is 0 Å². The zero-order valence-electron chi connectivity index (χ0n) is 11.3. The van der Waals surface area contributed by atoms with Gasteiger partial charge in [-0.25, -0.2) is 0 Å².